The summed E-state index contributed by atoms with van der Waals surface area (Å²) in [6.07, 6.45) is -1.23. The number of carboxylic acids is 4. The second-order valence-corrected chi connectivity index (χ2v) is 6.86. The molecule has 0 atom stereocenters. The van der Waals surface area contributed by atoms with Crippen LogP contribution in [0.1, 0.15) is 64.2 Å². The van der Waals surface area contributed by atoms with E-state index < -0.39 is 34.7 Å². The molecule has 26 heavy (non-hydrogen) atoms. The predicted octanol–water partition coefficient (Wildman–Crippen LogP) is 1.78. The van der Waals surface area contributed by atoms with Crippen LogP contribution in [0.15, 0.2) is 0 Å². The summed E-state index contributed by atoms with van der Waals surface area (Å²) in [6.45, 7) is 0. The van der Waals surface area contributed by atoms with E-state index in [1.54, 1.807) is 0 Å². The second kappa shape index (κ2) is 8.77. The highest BCUT2D eigenvalue weighted by molar-refractivity contribution is 5.89. The van der Waals surface area contributed by atoms with Gasteiger partial charge in [0.15, 0.2) is 0 Å². The molecule has 0 amide bonds. The highest BCUT2D eigenvalue weighted by atomic mass is 16.4. The number of rotatable bonds is 12. The zero-order chi connectivity index (χ0) is 20.0. The Bertz CT molecular complexity index is 557. The molecule has 146 valence electrons. The monoisotopic (exact) mass is 372 g/mol. The van der Waals surface area contributed by atoms with Gasteiger partial charge in [-0.3, -0.25) is 24.0 Å². The fourth-order valence-corrected chi connectivity index (χ4v) is 4.25. The summed E-state index contributed by atoms with van der Waals surface area (Å²) in [6, 6.07) is 0. The molecule has 1 aliphatic carbocycles. The van der Waals surface area contributed by atoms with Crippen LogP contribution in [0.2, 0.25) is 0 Å². The number of carbonyl (C=O) groups excluding carboxylic acids is 1. The summed E-state index contributed by atoms with van der Waals surface area (Å²) in [7, 11) is 0. The summed E-state index contributed by atoms with van der Waals surface area (Å²) in [5.41, 5.74) is -2.35. The van der Waals surface area contributed by atoms with E-state index in [4.69, 9.17) is 20.4 Å². The average molecular weight is 372 g/mol. The second-order valence-electron chi connectivity index (χ2n) is 6.86. The first-order chi connectivity index (χ1) is 12.0. The molecule has 0 heterocycles. The van der Waals surface area contributed by atoms with Gasteiger partial charge in [0.05, 0.1) is 0 Å². The highest BCUT2D eigenvalue weighted by Gasteiger charge is 2.58. The van der Waals surface area contributed by atoms with Crippen molar-refractivity contribution in [3.63, 3.8) is 0 Å². The Labute approximate surface area is 150 Å². The molecule has 0 aliphatic heterocycles. The lowest BCUT2D eigenvalue weighted by Gasteiger charge is -2.45. The zero-order valence-corrected chi connectivity index (χ0v) is 14.4. The van der Waals surface area contributed by atoms with Crippen molar-refractivity contribution >= 4 is 29.7 Å². The molecule has 0 unspecified atom stereocenters. The third kappa shape index (κ3) is 5.03. The number of carbonyl (C=O) groups is 5. The van der Waals surface area contributed by atoms with Gasteiger partial charge in [0, 0.05) is 37.5 Å². The maximum atomic E-state index is 12.7. The van der Waals surface area contributed by atoms with E-state index in [0.717, 1.165) is 0 Å². The van der Waals surface area contributed by atoms with E-state index in [-0.39, 0.29) is 70.0 Å². The first-order valence-corrected chi connectivity index (χ1v) is 8.45. The topological polar surface area (TPSA) is 166 Å². The minimum Gasteiger partial charge on any atom is -0.481 e. The Kier molecular flexibility index (Phi) is 7.29. The fourth-order valence-electron chi connectivity index (χ4n) is 4.25. The van der Waals surface area contributed by atoms with Crippen molar-refractivity contribution in [2.45, 2.75) is 64.2 Å². The largest absolute Gasteiger partial charge is 0.481 e. The molecule has 0 radical (unpaired) electrons. The highest BCUT2D eigenvalue weighted by Crippen LogP contribution is 2.60. The number of hydrogen-bond donors (Lipinski definition) is 4. The van der Waals surface area contributed by atoms with Crippen LogP contribution in [0.4, 0.5) is 0 Å². The lowest BCUT2D eigenvalue weighted by molar-refractivity contribution is -0.147. The maximum absolute atomic E-state index is 12.7. The summed E-state index contributed by atoms with van der Waals surface area (Å²) in [4.78, 5) is 57.0. The maximum Gasteiger partial charge on any atom is 0.303 e. The van der Waals surface area contributed by atoms with E-state index in [1.807, 2.05) is 0 Å². The molecule has 9 heteroatoms. The Morgan fingerprint density at radius 2 is 1.04 bits per heavy atom. The molecule has 0 aromatic carbocycles. The van der Waals surface area contributed by atoms with Crippen molar-refractivity contribution in [2.75, 3.05) is 0 Å². The van der Waals surface area contributed by atoms with Gasteiger partial charge in [-0.15, -0.1) is 0 Å². The van der Waals surface area contributed by atoms with Gasteiger partial charge in [0.1, 0.15) is 5.78 Å². The van der Waals surface area contributed by atoms with Gasteiger partial charge in [0.2, 0.25) is 0 Å². The van der Waals surface area contributed by atoms with E-state index in [1.165, 1.54) is 0 Å². The lowest BCUT2D eigenvalue weighted by atomic mass is 9.57. The zero-order valence-electron chi connectivity index (χ0n) is 14.4. The molecule has 1 saturated carbocycles. The molecule has 0 bridgehead atoms. The number of Topliss-reactive ketones (excluding diaryl/α,β-unsaturated/α-hetero) is 1. The van der Waals surface area contributed by atoms with Crippen LogP contribution >= 0.6 is 0 Å². The van der Waals surface area contributed by atoms with Crippen molar-refractivity contribution < 1.29 is 44.4 Å². The number of aliphatic carboxylic acids is 4. The third-order valence-electron chi connectivity index (χ3n) is 5.55. The first kappa shape index (κ1) is 21.6. The van der Waals surface area contributed by atoms with Crippen LogP contribution in [0.5, 0.6) is 0 Å². The molecule has 1 fully saturated rings. The molecule has 0 saturated heterocycles. The standard InChI is InChI=1S/C17H24O9/c18-11-1-6-16(7-2-12(19)20,8-3-13(21)22)17(11,9-4-14(23)24)10-5-15(25)26/h1-10H2,(H,19,20)(H,21,22)(H,23,24)(H,25,26). The van der Waals surface area contributed by atoms with Crippen LogP contribution in [-0.2, 0) is 24.0 Å². The molecular weight excluding hydrogens is 348 g/mol. The molecule has 1 rings (SSSR count). The Balaban J connectivity index is 3.32. The quantitative estimate of drug-likeness (QED) is 0.399. The van der Waals surface area contributed by atoms with Gasteiger partial charge < -0.3 is 20.4 Å². The Hall–Kier alpha value is -2.45. The van der Waals surface area contributed by atoms with Crippen LogP contribution < -0.4 is 0 Å². The molecule has 9 nitrogen and oxygen atoms in total. The Morgan fingerprint density at radius 3 is 1.38 bits per heavy atom. The number of carboxylic acid groups (broad SMARTS) is 4. The third-order valence-corrected chi connectivity index (χ3v) is 5.55. The minimum atomic E-state index is -1.32. The molecular formula is C17H24O9. The first-order valence-electron chi connectivity index (χ1n) is 8.45. The van der Waals surface area contributed by atoms with E-state index in [2.05, 4.69) is 0 Å². The van der Waals surface area contributed by atoms with Gasteiger partial charge in [-0.05, 0) is 37.5 Å². The Morgan fingerprint density at radius 1 is 0.692 bits per heavy atom. The fraction of sp³-hybridized carbons (Fsp3) is 0.706. The van der Waals surface area contributed by atoms with E-state index in [9.17, 15) is 24.0 Å². The van der Waals surface area contributed by atoms with Crippen LogP contribution in [0, 0.1) is 10.8 Å². The average Bonchev–Trinajstić information content (AvgIpc) is 2.80. The summed E-state index contributed by atoms with van der Waals surface area (Å²) in [5, 5.41) is 36.2. The summed E-state index contributed by atoms with van der Waals surface area (Å²) >= 11 is 0. The molecule has 1 aliphatic rings. The molecule has 4 N–H and O–H groups in total. The van der Waals surface area contributed by atoms with Gasteiger partial charge in [0.25, 0.3) is 0 Å². The molecule has 0 spiro atoms. The van der Waals surface area contributed by atoms with Crippen molar-refractivity contribution in [2.24, 2.45) is 10.8 Å². The van der Waals surface area contributed by atoms with Gasteiger partial charge in [-0.2, -0.15) is 0 Å². The normalized spacial score (nSPS) is 17.8. The van der Waals surface area contributed by atoms with Gasteiger partial charge in [-0.1, -0.05) is 0 Å². The summed E-state index contributed by atoms with van der Waals surface area (Å²) in [5.74, 6) is -4.81. The summed E-state index contributed by atoms with van der Waals surface area (Å²) < 4.78 is 0. The van der Waals surface area contributed by atoms with Gasteiger partial charge in [-0.25, -0.2) is 0 Å². The smallest absolute Gasteiger partial charge is 0.303 e. The van der Waals surface area contributed by atoms with Crippen molar-refractivity contribution in [3.05, 3.63) is 0 Å². The van der Waals surface area contributed by atoms with Crippen LogP contribution in [0.3, 0.4) is 0 Å². The lowest BCUT2D eigenvalue weighted by Crippen LogP contribution is -2.43. The van der Waals surface area contributed by atoms with Crippen molar-refractivity contribution in [3.8, 4) is 0 Å². The number of ketones is 1. The van der Waals surface area contributed by atoms with Gasteiger partial charge >= 0.3 is 23.9 Å². The van der Waals surface area contributed by atoms with Crippen LogP contribution in [0.25, 0.3) is 0 Å². The van der Waals surface area contributed by atoms with E-state index in [0.29, 0.717) is 0 Å². The van der Waals surface area contributed by atoms with E-state index >= 15 is 0 Å². The van der Waals surface area contributed by atoms with Crippen molar-refractivity contribution in [1.82, 2.24) is 0 Å². The SMILES string of the molecule is O=C(O)CCC1(CCC(=O)O)CCC(=O)C1(CCC(=O)O)CCC(=O)O. The predicted molar refractivity (Wildman–Crippen MR) is 86.6 cm³/mol. The van der Waals surface area contributed by atoms with Crippen molar-refractivity contribution in [1.29, 1.82) is 0 Å². The molecule has 0 aromatic rings. The van der Waals surface area contributed by atoms with Crippen LogP contribution in [-0.4, -0.2) is 50.1 Å². The molecule has 0 aromatic heterocycles. The minimum absolute atomic E-state index is 0.0145. The number of hydrogen-bond acceptors (Lipinski definition) is 5.